The summed E-state index contributed by atoms with van der Waals surface area (Å²) in [5, 5.41) is 33.8. The monoisotopic (exact) mass is 314 g/mol. The summed E-state index contributed by atoms with van der Waals surface area (Å²) >= 11 is 0. The molecule has 0 saturated carbocycles. The first-order chi connectivity index (χ1) is 5.78. The van der Waals surface area contributed by atoms with Crippen molar-refractivity contribution >= 4 is 17.9 Å². The van der Waals surface area contributed by atoms with Crippen LogP contribution in [0.1, 0.15) is 12.8 Å². The zero-order valence-corrected chi connectivity index (χ0v) is 9.05. The van der Waals surface area contributed by atoms with Gasteiger partial charge < -0.3 is 20.4 Å². The van der Waals surface area contributed by atoms with Crippen molar-refractivity contribution in [1.29, 1.82) is 0 Å². The van der Waals surface area contributed by atoms with E-state index in [1.165, 1.54) is 0 Å². The van der Waals surface area contributed by atoms with Gasteiger partial charge in [-0.05, 0) is 0 Å². The molecule has 0 aliphatic heterocycles. The third kappa shape index (κ3) is 7.34. The van der Waals surface area contributed by atoms with Gasteiger partial charge in [0.05, 0.1) is 12.8 Å². The predicted octanol–water partition coefficient (Wildman–Crippen LogP) is -1.25. The average molecular weight is 315 g/mol. The number of aliphatic hydroxyl groups is 1. The molecule has 4 N–H and O–H groups in total. The Morgan fingerprint density at radius 1 is 0.933 bits per heavy atom. The Hall–Kier alpha value is -0.604. The van der Waals surface area contributed by atoms with Gasteiger partial charge in [0.2, 0.25) is 0 Å². The van der Waals surface area contributed by atoms with E-state index in [0.717, 1.165) is 0 Å². The van der Waals surface area contributed by atoms with Gasteiger partial charge in [-0.15, -0.1) is 0 Å². The van der Waals surface area contributed by atoms with Crippen molar-refractivity contribution in [2.24, 2.45) is 0 Å². The topological polar surface area (TPSA) is 132 Å². The van der Waals surface area contributed by atoms with Crippen molar-refractivity contribution in [3.8, 4) is 0 Å². The summed E-state index contributed by atoms with van der Waals surface area (Å²) in [4.78, 5) is 30.5. The van der Waals surface area contributed by atoms with Crippen LogP contribution < -0.4 is 0 Å². The van der Waals surface area contributed by atoms with Crippen molar-refractivity contribution in [3.63, 3.8) is 0 Å². The molecule has 0 aromatic carbocycles. The molecule has 15 heavy (non-hydrogen) atoms. The number of hydrogen-bond donors (Lipinski definition) is 4. The molecular weight excluding hydrogens is 307 g/mol. The molecule has 2 radical (unpaired) electrons. The first kappa shape index (κ1) is 19.9. The quantitative estimate of drug-likeness (QED) is 0.466. The van der Waals surface area contributed by atoms with Gasteiger partial charge in [-0.3, -0.25) is 9.59 Å². The van der Waals surface area contributed by atoms with E-state index in [-0.39, 0.29) is 33.8 Å². The third-order valence-corrected chi connectivity index (χ3v) is 1.29. The molecule has 0 aliphatic carbocycles. The molecule has 0 aromatic rings. The Balaban J connectivity index is -0.000000720. The molecule has 0 saturated heterocycles. The van der Waals surface area contributed by atoms with Crippen molar-refractivity contribution in [1.82, 2.24) is 0 Å². The van der Waals surface area contributed by atoms with Gasteiger partial charge in [0, 0.05) is 33.8 Å². The van der Waals surface area contributed by atoms with E-state index in [0.29, 0.717) is 0 Å². The van der Waals surface area contributed by atoms with Crippen molar-refractivity contribution < 1.29 is 68.7 Å². The van der Waals surface area contributed by atoms with Crippen LogP contribution in [0.4, 0.5) is 0 Å². The van der Waals surface area contributed by atoms with E-state index in [1.54, 1.807) is 0 Å². The Kier molecular flexibility index (Phi) is 10.2. The van der Waals surface area contributed by atoms with Crippen LogP contribution in [0.5, 0.6) is 0 Å². The Morgan fingerprint density at radius 3 is 1.33 bits per heavy atom. The summed E-state index contributed by atoms with van der Waals surface area (Å²) in [5.41, 5.74) is -2.74. The third-order valence-electron chi connectivity index (χ3n) is 1.29. The number of carbonyl (C=O) groups is 3. The Labute approximate surface area is 105 Å². The van der Waals surface area contributed by atoms with Crippen LogP contribution in [0, 0.1) is 0 Å². The van der Waals surface area contributed by atoms with Gasteiger partial charge in [-0.2, -0.15) is 0 Å². The maximum absolute atomic E-state index is 10.3. The molecular formula is C6H8CoCuO7. The number of carboxylic acid groups (broad SMARTS) is 3. The van der Waals surface area contributed by atoms with Crippen LogP contribution in [0.3, 0.4) is 0 Å². The SMILES string of the molecule is O=C(O)CC(O)(CC(=O)O)C(=O)O.[Co].[Cu]. The van der Waals surface area contributed by atoms with Crippen molar-refractivity contribution in [2.45, 2.75) is 18.4 Å². The fourth-order valence-electron chi connectivity index (χ4n) is 0.714. The summed E-state index contributed by atoms with van der Waals surface area (Å²) < 4.78 is 0. The molecule has 0 spiro atoms. The maximum Gasteiger partial charge on any atom is 0.336 e. The number of hydrogen-bond acceptors (Lipinski definition) is 4. The molecule has 0 aromatic heterocycles. The number of carboxylic acids is 3. The van der Waals surface area contributed by atoms with Crippen LogP contribution in [0.15, 0.2) is 0 Å². The van der Waals surface area contributed by atoms with Gasteiger partial charge >= 0.3 is 17.9 Å². The molecule has 0 heterocycles. The molecule has 0 amide bonds. The second kappa shape index (κ2) is 7.66. The summed E-state index contributed by atoms with van der Waals surface area (Å²) in [6.07, 6.45) is -2.29. The largest absolute Gasteiger partial charge is 0.481 e. The van der Waals surface area contributed by atoms with E-state index in [1.807, 2.05) is 0 Å². The fourth-order valence-corrected chi connectivity index (χ4v) is 0.714. The minimum atomic E-state index is -2.74. The molecule has 94 valence electrons. The second-order valence-corrected chi connectivity index (χ2v) is 2.48. The van der Waals surface area contributed by atoms with Gasteiger partial charge in [0.25, 0.3) is 0 Å². The summed E-state index contributed by atoms with van der Waals surface area (Å²) in [5.74, 6) is -5.02. The fraction of sp³-hybridized carbons (Fsp3) is 0.500. The van der Waals surface area contributed by atoms with Crippen LogP contribution >= 0.6 is 0 Å². The molecule has 0 fully saturated rings. The molecule has 0 unspecified atom stereocenters. The van der Waals surface area contributed by atoms with E-state index >= 15 is 0 Å². The molecule has 0 atom stereocenters. The molecule has 0 rings (SSSR count). The van der Waals surface area contributed by atoms with Gasteiger partial charge in [0.1, 0.15) is 0 Å². The van der Waals surface area contributed by atoms with Gasteiger partial charge in [-0.25, -0.2) is 4.79 Å². The maximum atomic E-state index is 10.3. The Bertz CT molecular complexity index is 238. The molecule has 0 bridgehead atoms. The first-order valence-electron chi connectivity index (χ1n) is 3.17. The summed E-state index contributed by atoms with van der Waals surface area (Å²) in [7, 11) is 0. The van der Waals surface area contributed by atoms with E-state index in [9.17, 15) is 14.4 Å². The summed E-state index contributed by atoms with van der Waals surface area (Å²) in [6.45, 7) is 0. The van der Waals surface area contributed by atoms with Gasteiger partial charge in [-0.1, -0.05) is 0 Å². The van der Waals surface area contributed by atoms with Crippen LogP contribution in [0.2, 0.25) is 0 Å². The zero-order valence-electron chi connectivity index (χ0n) is 7.06. The standard InChI is InChI=1S/C6H8O7.Co.Cu/c7-3(8)1-6(13,5(11)12)2-4(9)10;;/h13H,1-2H2,(H,7,8)(H,9,10)(H,11,12);;. The summed E-state index contributed by atoms with van der Waals surface area (Å²) in [6, 6.07) is 0. The van der Waals surface area contributed by atoms with E-state index in [2.05, 4.69) is 0 Å². The molecule has 9 heteroatoms. The van der Waals surface area contributed by atoms with Crippen LogP contribution in [0.25, 0.3) is 0 Å². The second-order valence-electron chi connectivity index (χ2n) is 2.48. The van der Waals surface area contributed by atoms with Crippen LogP contribution in [-0.4, -0.2) is 43.9 Å². The van der Waals surface area contributed by atoms with Gasteiger partial charge in [0.15, 0.2) is 5.60 Å². The predicted molar refractivity (Wildman–Crippen MR) is 37.1 cm³/mol. The minimum absolute atomic E-state index is 0. The zero-order chi connectivity index (χ0) is 10.6. The van der Waals surface area contributed by atoms with Crippen molar-refractivity contribution in [3.05, 3.63) is 0 Å². The van der Waals surface area contributed by atoms with Crippen LogP contribution in [-0.2, 0) is 48.2 Å². The normalized spacial score (nSPS) is 9.40. The Morgan fingerprint density at radius 2 is 1.20 bits per heavy atom. The number of rotatable bonds is 5. The number of aliphatic carboxylic acids is 3. The average Bonchev–Trinajstić information content (AvgIpc) is 1.82. The van der Waals surface area contributed by atoms with E-state index in [4.69, 9.17) is 20.4 Å². The molecule has 7 nitrogen and oxygen atoms in total. The smallest absolute Gasteiger partial charge is 0.336 e. The first-order valence-corrected chi connectivity index (χ1v) is 3.17. The van der Waals surface area contributed by atoms with E-state index < -0.39 is 36.4 Å². The molecule has 0 aliphatic rings. The van der Waals surface area contributed by atoms with Crippen molar-refractivity contribution in [2.75, 3.05) is 0 Å². The minimum Gasteiger partial charge on any atom is -0.481 e.